The van der Waals surface area contributed by atoms with Gasteiger partial charge in [0.2, 0.25) is 11.0 Å². The second-order valence-corrected chi connectivity index (χ2v) is 5.69. The van der Waals surface area contributed by atoms with Crippen LogP contribution in [0.5, 0.6) is 0 Å². The highest BCUT2D eigenvalue weighted by molar-refractivity contribution is 6.31. The van der Waals surface area contributed by atoms with Gasteiger partial charge >= 0.3 is 5.69 Å². The van der Waals surface area contributed by atoms with Crippen LogP contribution in [0.1, 0.15) is 5.56 Å². The molecular weight excluding hydrogens is 334 g/mol. The predicted octanol–water partition coefficient (Wildman–Crippen LogP) is 2.61. The van der Waals surface area contributed by atoms with Gasteiger partial charge in [-0.3, -0.25) is 15.0 Å². The average molecular weight is 350 g/mol. The SMILES string of the molecule is O=[N+]([O-])c1c(Cl)ncnc1Nc1ccc(CN2CCOCC2)cc1. The summed E-state index contributed by atoms with van der Waals surface area (Å²) in [5.74, 6) is 0.0703. The third-order valence-corrected chi connectivity index (χ3v) is 3.96. The average Bonchev–Trinajstić information content (AvgIpc) is 2.57. The predicted molar refractivity (Wildman–Crippen MR) is 89.5 cm³/mol. The molecule has 2 aromatic rings. The Morgan fingerprint density at radius 3 is 2.62 bits per heavy atom. The Bertz CT molecular complexity index is 720. The molecule has 0 amide bonds. The zero-order valence-corrected chi connectivity index (χ0v) is 13.6. The van der Waals surface area contributed by atoms with E-state index in [2.05, 4.69) is 20.2 Å². The zero-order valence-electron chi connectivity index (χ0n) is 12.8. The molecule has 8 nitrogen and oxygen atoms in total. The largest absolute Gasteiger partial charge is 0.379 e. The van der Waals surface area contributed by atoms with Crippen molar-refractivity contribution >= 4 is 28.8 Å². The Morgan fingerprint density at radius 2 is 1.96 bits per heavy atom. The molecule has 3 rings (SSSR count). The van der Waals surface area contributed by atoms with Crippen LogP contribution in [0.25, 0.3) is 0 Å². The van der Waals surface area contributed by atoms with Crippen molar-refractivity contribution in [3.8, 4) is 0 Å². The Kier molecular flexibility index (Phi) is 5.19. The molecule has 0 saturated carbocycles. The monoisotopic (exact) mass is 349 g/mol. The summed E-state index contributed by atoms with van der Waals surface area (Å²) in [6.07, 6.45) is 1.18. The highest BCUT2D eigenvalue weighted by Gasteiger charge is 2.21. The molecule has 126 valence electrons. The molecule has 1 aromatic heterocycles. The summed E-state index contributed by atoms with van der Waals surface area (Å²) in [5.41, 5.74) is 1.52. The molecule has 1 aliphatic rings. The van der Waals surface area contributed by atoms with Gasteiger partial charge in [-0.15, -0.1) is 0 Å². The molecule has 0 unspecified atom stereocenters. The fourth-order valence-corrected chi connectivity index (χ4v) is 2.66. The maximum atomic E-state index is 11.1. The molecule has 0 radical (unpaired) electrons. The second kappa shape index (κ2) is 7.52. The van der Waals surface area contributed by atoms with E-state index in [-0.39, 0.29) is 16.7 Å². The van der Waals surface area contributed by atoms with Crippen LogP contribution >= 0.6 is 11.6 Å². The molecule has 1 fully saturated rings. The quantitative estimate of drug-likeness (QED) is 0.503. The Labute approximate surface area is 143 Å². The Hall–Kier alpha value is -2.29. The van der Waals surface area contributed by atoms with E-state index in [0.717, 1.165) is 38.4 Å². The second-order valence-electron chi connectivity index (χ2n) is 5.33. The van der Waals surface area contributed by atoms with Crippen LogP contribution in [0.3, 0.4) is 0 Å². The van der Waals surface area contributed by atoms with E-state index in [1.54, 1.807) is 0 Å². The zero-order chi connectivity index (χ0) is 16.9. The molecular formula is C15H16ClN5O3. The van der Waals surface area contributed by atoms with Crippen molar-refractivity contribution < 1.29 is 9.66 Å². The van der Waals surface area contributed by atoms with Crippen LogP contribution in [-0.4, -0.2) is 46.1 Å². The maximum absolute atomic E-state index is 11.1. The summed E-state index contributed by atoms with van der Waals surface area (Å²) >= 11 is 5.78. The molecule has 0 atom stereocenters. The number of benzene rings is 1. The van der Waals surface area contributed by atoms with Crippen molar-refractivity contribution in [2.75, 3.05) is 31.6 Å². The van der Waals surface area contributed by atoms with Crippen molar-refractivity contribution in [1.29, 1.82) is 0 Å². The summed E-state index contributed by atoms with van der Waals surface area (Å²) in [6, 6.07) is 7.67. The van der Waals surface area contributed by atoms with Gasteiger partial charge < -0.3 is 10.1 Å². The molecule has 1 aliphatic heterocycles. The van der Waals surface area contributed by atoms with E-state index in [1.807, 2.05) is 24.3 Å². The first-order valence-electron chi connectivity index (χ1n) is 7.44. The topological polar surface area (TPSA) is 93.4 Å². The highest BCUT2D eigenvalue weighted by atomic mass is 35.5. The van der Waals surface area contributed by atoms with E-state index in [0.29, 0.717) is 5.69 Å². The van der Waals surface area contributed by atoms with Gasteiger partial charge in [-0.05, 0) is 17.7 Å². The number of halogens is 1. The highest BCUT2D eigenvalue weighted by Crippen LogP contribution is 2.30. The number of nitrogens with one attached hydrogen (secondary N) is 1. The molecule has 0 spiro atoms. The van der Waals surface area contributed by atoms with Crippen molar-refractivity contribution in [3.63, 3.8) is 0 Å². The molecule has 0 bridgehead atoms. The molecule has 9 heteroatoms. The minimum atomic E-state index is -0.600. The van der Waals surface area contributed by atoms with E-state index < -0.39 is 4.92 Å². The normalized spacial score (nSPS) is 15.2. The number of anilines is 2. The fraction of sp³-hybridized carbons (Fsp3) is 0.333. The first-order valence-corrected chi connectivity index (χ1v) is 7.82. The van der Waals surface area contributed by atoms with Crippen LogP contribution in [0.4, 0.5) is 17.2 Å². The first kappa shape index (κ1) is 16.6. The summed E-state index contributed by atoms with van der Waals surface area (Å²) in [4.78, 5) is 20.4. The minimum Gasteiger partial charge on any atom is -0.379 e. The van der Waals surface area contributed by atoms with E-state index in [1.165, 1.54) is 6.33 Å². The summed E-state index contributed by atoms with van der Waals surface area (Å²) in [7, 11) is 0. The molecule has 1 aromatic carbocycles. The van der Waals surface area contributed by atoms with Crippen LogP contribution < -0.4 is 5.32 Å². The smallest absolute Gasteiger partial charge is 0.348 e. The van der Waals surface area contributed by atoms with Crippen LogP contribution in [0.2, 0.25) is 5.15 Å². The number of nitrogens with zero attached hydrogens (tertiary/aromatic N) is 4. The third-order valence-electron chi connectivity index (χ3n) is 3.69. The lowest BCUT2D eigenvalue weighted by molar-refractivity contribution is -0.384. The minimum absolute atomic E-state index is 0.0703. The Balaban J connectivity index is 1.70. The van der Waals surface area contributed by atoms with E-state index >= 15 is 0 Å². The number of nitro groups is 1. The van der Waals surface area contributed by atoms with Gasteiger partial charge in [-0.2, -0.15) is 0 Å². The molecule has 24 heavy (non-hydrogen) atoms. The van der Waals surface area contributed by atoms with Gasteiger partial charge in [-0.1, -0.05) is 23.7 Å². The summed E-state index contributed by atoms with van der Waals surface area (Å²) in [5, 5.41) is 13.8. The van der Waals surface area contributed by atoms with Crippen LogP contribution in [-0.2, 0) is 11.3 Å². The van der Waals surface area contributed by atoms with Crippen LogP contribution in [0.15, 0.2) is 30.6 Å². The number of hydrogen-bond acceptors (Lipinski definition) is 7. The van der Waals surface area contributed by atoms with Gasteiger partial charge in [0.15, 0.2) is 0 Å². The number of aromatic nitrogens is 2. The van der Waals surface area contributed by atoms with Gasteiger partial charge in [0.05, 0.1) is 18.1 Å². The molecule has 1 N–H and O–H groups in total. The van der Waals surface area contributed by atoms with Crippen LogP contribution in [0, 0.1) is 10.1 Å². The van der Waals surface area contributed by atoms with E-state index in [9.17, 15) is 10.1 Å². The Morgan fingerprint density at radius 1 is 1.25 bits per heavy atom. The molecule has 0 aliphatic carbocycles. The molecule has 1 saturated heterocycles. The van der Waals surface area contributed by atoms with Gasteiger partial charge in [0.25, 0.3) is 0 Å². The van der Waals surface area contributed by atoms with Crippen molar-refractivity contribution in [3.05, 3.63) is 51.4 Å². The number of rotatable bonds is 5. The number of ether oxygens (including phenoxy) is 1. The fourth-order valence-electron chi connectivity index (χ4n) is 2.46. The van der Waals surface area contributed by atoms with Crippen molar-refractivity contribution in [2.24, 2.45) is 0 Å². The lowest BCUT2D eigenvalue weighted by Gasteiger charge is -2.26. The van der Waals surface area contributed by atoms with Gasteiger partial charge in [0.1, 0.15) is 6.33 Å². The summed E-state index contributed by atoms with van der Waals surface area (Å²) in [6.45, 7) is 4.22. The number of hydrogen-bond donors (Lipinski definition) is 1. The van der Waals surface area contributed by atoms with Gasteiger partial charge in [-0.25, -0.2) is 9.97 Å². The van der Waals surface area contributed by atoms with Crippen molar-refractivity contribution in [1.82, 2.24) is 14.9 Å². The third kappa shape index (κ3) is 3.97. The molecule has 2 heterocycles. The lowest BCUT2D eigenvalue weighted by Crippen LogP contribution is -2.35. The lowest BCUT2D eigenvalue weighted by atomic mass is 10.2. The first-order chi connectivity index (χ1) is 11.6. The van der Waals surface area contributed by atoms with Gasteiger partial charge in [0, 0.05) is 25.3 Å². The standard InChI is InChI=1S/C15H16ClN5O3/c16-14-13(21(22)23)15(18-10-17-14)19-12-3-1-11(2-4-12)9-20-5-7-24-8-6-20/h1-4,10H,5-9H2,(H,17,18,19). The number of morpholine rings is 1. The maximum Gasteiger partial charge on any atom is 0.348 e. The van der Waals surface area contributed by atoms with E-state index in [4.69, 9.17) is 16.3 Å². The van der Waals surface area contributed by atoms with Crippen molar-refractivity contribution in [2.45, 2.75) is 6.54 Å². The summed E-state index contributed by atoms with van der Waals surface area (Å²) < 4.78 is 5.33.